The highest BCUT2D eigenvalue weighted by atomic mass is 32.2. The lowest BCUT2D eigenvalue weighted by Gasteiger charge is -2.14. The van der Waals surface area contributed by atoms with Crippen LogP contribution in [0.4, 0.5) is 5.69 Å². The van der Waals surface area contributed by atoms with Crippen LogP contribution in [0, 0.1) is 6.92 Å². The van der Waals surface area contributed by atoms with Crippen molar-refractivity contribution < 1.29 is 19.1 Å². The second-order valence-electron chi connectivity index (χ2n) is 4.82. The fourth-order valence-corrected chi connectivity index (χ4v) is 3.38. The molecule has 0 radical (unpaired) electrons. The van der Waals surface area contributed by atoms with E-state index < -0.39 is 5.97 Å². The maximum Gasteiger partial charge on any atom is 0.335 e. The van der Waals surface area contributed by atoms with Gasteiger partial charge in [0.05, 0.1) is 16.2 Å². The summed E-state index contributed by atoms with van der Waals surface area (Å²) in [6.45, 7) is 1.83. The Balaban J connectivity index is 1.89. The fourth-order valence-electron chi connectivity index (χ4n) is 2.10. The van der Waals surface area contributed by atoms with Crippen LogP contribution in [0.5, 0.6) is 0 Å². The predicted octanol–water partition coefficient (Wildman–Crippen LogP) is 3.69. The Hall–Kier alpha value is -2.38. The van der Waals surface area contributed by atoms with Crippen molar-refractivity contribution in [3.05, 3.63) is 58.4 Å². The molecule has 2 heterocycles. The average Bonchev–Trinajstić information content (AvgIpc) is 3.03. The average molecular weight is 345 g/mol. The Bertz CT molecular complexity index is 836. The molecule has 2 aromatic rings. The van der Waals surface area contributed by atoms with E-state index in [4.69, 9.17) is 21.7 Å². The van der Waals surface area contributed by atoms with E-state index >= 15 is 0 Å². The van der Waals surface area contributed by atoms with Crippen molar-refractivity contribution in [2.45, 2.75) is 6.92 Å². The topological polar surface area (TPSA) is 70.8 Å². The number of anilines is 1. The molecule has 1 aliphatic rings. The minimum Gasteiger partial charge on any atom is -0.478 e. The molecule has 5 nitrogen and oxygen atoms in total. The molecule has 1 aromatic carbocycles. The number of nitrogens with zero attached hydrogens (tertiary/aromatic N) is 1. The summed E-state index contributed by atoms with van der Waals surface area (Å²) in [4.78, 5) is 25.3. The molecule has 0 bridgehead atoms. The van der Waals surface area contributed by atoms with E-state index in [0.29, 0.717) is 20.7 Å². The first-order valence-electron chi connectivity index (χ1n) is 6.63. The van der Waals surface area contributed by atoms with Crippen molar-refractivity contribution in [3.63, 3.8) is 0 Å². The largest absolute Gasteiger partial charge is 0.478 e. The van der Waals surface area contributed by atoms with Crippen LogP contribution < -0.4 is 4.90 Å². The van der Waals surface area contributed by atoms with Crippen molar-refractivity contribution in [1.29, 1.82) is 0 Å². The Labute approximate surface area is 141 Å². The van der Waals surface area contributed by atoms with Gasteiger partial charge in [0.15, 0.2) is 4.32 Å². The molecule has 1 N–H and O–H groups in total. The van der Waals surface area contributed by atoms with Gasteiger partial charge in [0.1, 0.15) is 11.5 Å². The van der Waals surface area contributed by atoms with Gasteiger partial charge in [-0.3, -0.25) is 9.69 Å². The highest BCUT2D eigenvalue weighted by Crippen LogP contribution is 2.36. The normalized spacial score (nSPS) is 16.4. The van der Waals surface area contributed by atoms with Crippen LogP contribution >= 0.6 is 24.0 Å². The number of aromatic carboxylic acids is 1. The molecular formula is C16H11NO4S2. The number of benzene rings is 1. The van der Waals surface area contributed by atoms with E-state index in [2.05, 4.69) is 0 Å². The SMILES string of the molecule is Cc1ccc(/C=C2/SC(=S)N(c3ccc(C(=O)O)cc3)C2=O)o1. The van der Waals surface area contributed by atoms with Gasteiger partial charge >= 0.3 is 5.97 Å². The number of amides is 1. The molecule has 1 aromatic heterocycles. The van der Waals surface area contributed by atoms with Crippen molar-refractivity contribution in [2.75, 3.05) is 4.90 Å². The predicted molar refractivity (Wildman–Crippen MR) is 92.5 cm³/mol. The quantitative estimate of drug-likeness (QED) is 0.676. The van der Waals surface area contributed by atoms with Crippen LogP contribution in [0.3, 0.4) is 0 Å². The number of hydrogen-bond acceptors (Lipinski definition) is 5. The first kappa shape index (κ1) is 15.5. The molecular weight excluding hydrogens is 334 g/mol. The van der Waals surface area contributed by atoms with Crippen LogP contribution in [0.15, 0.2) is 45.7 Å². The molecule has 1 amide bonds. The molecule has 1 saturated heterocycles. The third kappa shape index (κ3) is 3.06. The van der Waals surface area contributed by atoms with Crippen LogP contribution in [0.1, 0.15) is 21.9 Å². The second kappa shape index (κ2) is 6.02. The summed E-state index contributed by atoms with van der Waals surface area (Å²) >= 11 is 6.45. The monoisotopic (exact) mass is 345 g/mol. The molecule has 0 unspecified atom stereocenters. The van der Waals surface area contributed by atoms with Crippen LogP contribution in [0.2, 0.25) is 0 Å². The molecule has 3 rings (SSSR count). The van der Waals surface area contributed by atoms with Crippen molar-refractivity contribution >= 4 is 51.9 Å². The van der Waals surface area contributed by atoms with Crippen LogP contribution in [0.25, 0.3) is 6.08 Å². The van der Waals surface area contributed by atoms with Crippen molar-refractivity contribution in [3.8, 4) is 0 Å². The van der Waals surface area contributed by atoms with Gasteiger partial charge in [-0.05, 0) is 43.3 Å². The first-order chi connectivity index (χ1) is 11.0. The smallest absolute Gasteiger partial charge is 0.335 e. The van der Waals surface area contributed by atoms with E-state index in [9.17, 15) is 9.59 Å². The number of carbonyl (C=O) groups excluding carboxylic acids is 1. The lowest BCUT2D eigenvalue weighted by Crippen LogP contribution is -2.27. The Morgan fingerprint density at radius 1 is 1.26 bits per heavy atom. The van der Waals surface area contributed by atoms with E-state index in [0.717, 1.165) is 5.76 Å². The fraction of sp³-hybridized carbons (Fsp3) is 0.0625. The molecule has 0 aliphatic carbocycles. The number of carboxylic acid groups (broad SMARTS) is 1. The van der Waals surface area contributed by atoms with Crippen LogP contribution in [-0.4, -0.2) is 21.3 Å². The minimum absolute atomic E-state index is 0.154. The van der Waals surface area contributed by atoms with Gasteiger partial charge in [0, 0.05) is 6.08 Å². The number of rotatable bonds is 3. The molecule has 0 atom stereocenters. The van der Waals surface area contributed by atoms with Gasteiger partial charge in [-0.25, -0.2) is 4.79 Å². The van der Waals surface area contributed by atoms with Gasteiger partial charge in [0.2, 0.25) is 0 Å². The third-order valence-corrected chi connectivity index (χ3v) is 4.50. The Morgan fingerprint density at radius 2 is 1.96 bits per heavy atom. The lowest BCUT2D eigenvalue weighted by molar-refractivity contribution is -0.113. The van der Waals surface area contributed by atoms with E-state index in [-0.39, 0.29) is 11.5 Å². The molecule has 7 heteroatoms. The maximum atomic E-state index is 12.5. The summed E-state index contributed by atoms with van der Waals surface area (Å²) in [7, 11) is 0. The van der Waals surface area contributed by atoms with Crippen molar-refractivity contribution in [1.82, 2.24) is 0 Å². The molecule has 1 aliphatic heterocycles. The van der Waals surface area contributed by atoms with Gasteiger partial charge in [0.25, 0.3) is 5.91 Å². The van der Waals surface area contributed by atoms with Gasteiger partial charge < -0.3 is 9.52 Å². The summed E-state index contributed by atoms with van der Waals surface area (Å²) < 4.78 is 5.84. The standard InChI is InChI=1S/C16H11NO4S2/c1-9-2-7-12(21-9)8-13-14(18)17(16(22)23-13)11-5-3-10(4-6-11)15(19)20/h2-8H,1H3,(H,19,20)/b13-8+. The summed E-state index contributed by atoms with van der Waals surface area (Å²) in [5, 5.41) is 8.92. The molecule has 0 saturated carbocycles. The zero-order valence-electron chi connectivity index (χ0n) is 12.0. The van der Waals surface area contributed by atoms with E-state index in [1.54, 1.807) is 24.3 Å². The summed E-state index contributed by atoms with van der Waals surface area (Å²) in [5.41, 5.74) is 0.692. The number of aryl methyl sites for hydroxylation is 1. The second-order valence-corrected chi connectivity index (χ2v) is 6.49. The number of hydrogen-bond donors (Lipinski definition) is 1. The van der Waals surface area contributed by atoms with Gasteiger partial charge in [-0.2, -0.15) is 0 Å². The molecule has 1 fully saturated rings. The Morgan fingerprint density at radius 3 is 2.52 bits per heavy atom. The zero-order valence-corrected chi connectivity index (χ0v) is 13.6. The minimum atomic E-state index is -1.02. The summed E-state index contributed by atoms with van der Waals surface area (Å²) in [6.07, 6.45) is 1.65. The zero-order chi connectivity index (χ0) is 16.6. The third-order valence-electron chi connectivity index (χ3n) is 3.20. The first-order valence-corrected chi connectivity index (χ1v) is 7.86. The molecule has 116 valence electrons. The molecule has 0 spiro atoms. The molecule has 23 heavy (non-hydrogen) atoms. The van der Waals surface area contributed by atoms with Gasteiger partial charge in [-0.15, -0.1) is 0 Å². The number of thioether (sulfide) groups is 1. The highest BCUT2D eigenvalue weighted by Gasteiger charge is 2.33. The van der Waals surface area contributed by atoms with Gasteiger partial charge in [-0.1, -0.05) is 24.0 Å². The Kier molecular flexibility index (Phi) is 4.06. The van der Waals surface area contributed by atoms with E-state index in [1.807, 2.05) is 13.0 Å². The highest BCUT2D eigenvalue weighted by molar-refractivity contribution is 8.27. The number of thiocarbonyl (C=S) groups is 1. The van der Waals surface area contributed by atoms with Crippen molar-refractivity contribution in [2.24, 2.45) is 0 Å². The number of carboxylic acids is 1. The van der Waals surface area contributed by atoms with E-state index in [1.165, 1.54) is 28.8 Å². The van der Waals surface area contributed by atoms with Crippen LogP contribution in [-0.2, 0) is 4.79 Å². The number of carbonyl (C=O) groups is 2. The summed E-state index contributed by atoms with van der Waals surface area (Å²) in [6, 6.07) is 9.61. The lowest BCUT2D eigenvalue weighted by atomic mass is 10.2. The summed E-state index contributed by atoms with van der Waals surface area (Å²) in [5.74, 6) is 0.0763. The maximum absolute atomic E-state index is 12.5. The number of furan rings is 1.